The molecule has 0 saturated heterocycles. The molecule has 4 aliphatic rings. The van der Waals surface area contributed by atoms with Gasteiger partial charge in [-0.1, -0.05) is 19.1 Å². The maximum Gasteiger partial charge on any atom is 0.255 e. The summed E-state index contributed by atoms with van der Waals surface area (Å²) < 4.78 is 24.2. The monoisotopic (exact) mass is 496 g/mol. The molecule has 4 aliphatic carbocycles. The highest BCUT2D eigenvalue weighted by molar-refractivity contribution is 7.91. The average molecular weight is 497 g/mol. The Hall–Kier alpha value is -2.87. The minimum Gasteiger partial charge on any atom is -0.506 e. The first kappa shape index (κ1) is 23.9. The molecule has 2 amide bonds. The van der Waals surface area contributed by atoms with E-state index in [4.69, 9.17) is 0 Å². The number of benzene rings is 2. The SMILES string of the molecule is CCS(=O)(=O)c1ccc(O)c(NC(=O)c2ccc(CNC(=O)C34CC5CC(CC(C5)C3)C4)cc2)c1. The lowest BCUT2D eigenvalue weighted by atomic mass is 9.49. The average Bonchev–Trinajstić information content (AvgIpc) is 2.83. The van der Waals surface area contributed by atoms with Crippen LogP contribution in [-0.4, -0.2) is 31.1 Å². The third-order valence-corrected chi connectivity index (χ3v) is 9.88. The molecule has 4 fully saturated rings. The van der Waals surface area contributed by atoms with Crippen LogP contribution in [0.3, 0.4) is 0 Å². The summed E-state index contributed by atoms with van der Waals surface area (Å²) in [5.41, 5.74) is 1.12. The molecule has 0 heterocycles. The molecule has 3 N–H and O–H groups in total. The second-order valence-electron chi connectivity index (χ2n) is 10.6. The number of hydrogen-bond donors (Lipinski definition) is 3. The molecule has 7 nitrogen and oxygen atoms in total. The van der Waals surface area contributed by atoms with Crippen LogP contribution in [0.2, 0.25) is 0 Å². The van der Waals surface area contributed by atoms with Gasteiger partial charge < -0.3 is 15.7 Å². The largest absolute Gasteiger partial charge is 0.506 e. The molecule has 0 spiro atoms. The number of anilines is 1. The van der Waals surface area contributed by atoms with Gasteiger partial charge in [0.05, 0.1) is 16.3 Å². The normalized spacial score (nSPS) is 26.9. The predicted octanol–water partition coefficient (Wildman–Crippen LogP) is 4.27. The first-order chi connectivity index (χ1) is 16.7. The second kappa shape index (κ2) is 8.97. The van der Waals surface area contributed by atoms with Crippen molar-refractivity contribution < 1.29 is 23.1 Å². The van der Waals surface area contributed by atoms with Crippen molar-refractivity contribution in [2.24, 2.45) is 23.2 Å². The molecule has 8 heteroatoms. The van der Waals surface area contributed by atoms with Gasteiger partial charge in [0.2, 0.25) is 5.91 Å². The van der Waals surface area contributed by atoms with Gasteiger partial charge in [0.1, 0.15) is 5.75 Å². The lowest BCUT2D eigenvalue weighted by Crippen LogP contribution is -2.53. The molecule has 186 valence electrons. The molecule has 6 rings (SSSR count). The number of phenols is 1. The van der Waals surface area contributed by atoms with E-state index in [1.165, 1.54) is 44.4 Å². The zero-order valence-electron chi connectivity index (χ0n) is 19.9. The van der Waals surface area contributed by atoms with Crippen molar-refractivity contribution in [2.75, 3.05) is 11.1 Å². The highest BCUT2D eigenvalue weighted by atomic mass is 32.2. The Bertz CT molecular complexity index is 1220. The van der Waals surface area contributed by atoms with Crippen LogP contribution in [0.5, 0.6) is 5.75 Å². The van der Waals surface area contributed by atoms with Crippen molar-refractivity contribution in [3.63, 3.8) is 0 Å². The van der Waals surface area contributed by atoms with Crippen LogP contribution in [0.15, 0.2) is 47.4 Å². The number of carbonyl (C=O) groups is 2. The van der Waals surface area contributed by atoms with Gasteiger partial charge in [-0.3, -0.25) is 9.59 Å². The van der Waals surface area contributed by atoms with Gasteiger partial charge in [0.15, 0.2) is 9.84 Å². The van der Waals surface area contributed by atoms with Gasteiger partial charge in [0.25, 0.3) is 5.91 Å². The Morgan fingerprint density at radius 3 is 2.14 bits per heavy atom. The van der Waals surface area contributed by atoms with Crippen LogP contribution in [0, 0.1) is 23.2 Å². The summed E-state index contributed by atoms with van der Waals surface area (Å²) in [6, 6.07) is 10.8. The summed E-state index contributed by atoms with van der Waals surface area (Å²) in [5.74, 6) is 1.57. The molecule has 2 aromatic rings. The van der Waals surface area contributed by atoms with Crippen molar-refractivity contribution in [1.29, 1.82) is 0 Å². The Balaban J connectivity index is 1.21. The van der Waals surface area contributed by atoms with Crippen LogP contribution in [0.1, 0.15) is 61.4 Å². The van der Waals surface area contributed by atoms with Crippen LogP contribution in [0.4, 0.5) is 5.69 Å². The molecule has 2 aromatic carbocycles. The van der Waals surface area contributed by atoms with Gasteiger partial charge in [-0.25, -0.2) is 8.42 Å². The van der Waals surface area contributed by atoms with E-state index in [1.54, 1.807) is 24.3 Å². The standard InChI is InChI=1S/C27H32N2O5S/c1-2-35(33,34)22-7-8-24(30)23(12-22)29-25(31)21-5-3-17(4-6-21)16-28-26(32)27-13-18-9-19(14-27)11-20(10-18)15-27/h3-8,12,18-20,30H,2,9-11,13-16H2,1H3,(H,28,32)(H,29,31). The molecular weight excluding hydrogens is 464 g/mol. The van der Waals surface area contributed by atoms with E-state index in [0.717, 1.165) is 24.8 Å². The van der Waals surface area contributed by atoms with Crippen molar-refractivity contribution >= 4 is 27.3 Å². The molecule has 0 aliphatic heterocycles. The highest BCUT2D eigenvalue weighted by Gasteiger charge is 2.54. The molecule has 4 saturated carbocycles. The first-order valence-electron chi connectivity index (χ1n) is 12.4. The first-order valence-corrected chi connectivity index (χ1v) is 14.1. The Labute approximate surface area is 206 Å². The number of phenolic OH excluding ortho intramolecular Hbond substituents is 1. The van der Waals surface area contributed by atoms with E-state index < -0.39 is 15.7 Å². The molecule has 0 aromatic heterocycles. The molecule has 0 atom stereocenters. The number of aromatic hydroxyl groups is 1. The Morgan fingerprint density at radius 2 is 1.57 bits per heavy atom. The Kier molecular flexibility index (Phi) is 6.11. The smallest absolute Gasteiger partial charge is 0.255 e. The molecule has 0 unspecified atom stereocenters. The van der Waals surface area contributed by atoms with Gasteiger partial charge in [0, 0.05) is 17.5 Å². The van der Waals surface area contributed by atoms with Crippen molar-refractivity contribution in [3.8, 4) is 5.75 Å². The van der Waals surface area contributed by atoms with E-state index in [-0.39, 0.29) is 33.4 Å². The van der Waals surface area contributed by atoms with E-state index in [2.05, 4.69) is 10.6 Å². The summed E-state index contributed by atoms with van der Waals surface area (Å²) in [4.78, 5) is 25.9. The summed E-state index contributed by atoms with van der Waals surface area (Å²) in [5, 5.41) is 15.8. The number of nitrogens with one attached hydrogen (secondary N) is 2. The third kappa shape index (κ3) is 4.68. The van der Waals surface area contributed by atoms with E-state index in [9.17, 15) is 23.1 Å². The molecule has 4 bridgehead atoms. The van der Waals surface area contributed by atoms with Crippen molar-refractivity contribution in [2.45, 2.75) is 56.9 Å². The van der Waals surface area contributed by atoms with Crippen molar-refractivity contribution in [3.05, 3.63) is 53.6 Å². The third-order valence-electron chi connectivity index (χ3n) is 8.14. The summed E-state index contributed by atoms with van der Waals surface area (Å²) in [6.07, 6.45) is 6.97. The number of sulfone groups is 1. The summed E-state index contributed by atoms with van der Waals surface area (Å²) >= 11 is 0. The minimum absolute atomic E-state index is 0.0384. The zero-order valence-corrected chi connectivity index (χ0v) is 20.7. The van der Waals surface area contributed by atoms with Crippen molar-refractivity contribution in [1.82, 2.24) is 5.32 Å². The summed E-state index contributed by atoms with van der Waals surface area (Å²) in [6.45, 7) is 1.95. The minimum atomic E-state index is -3.47. The van der Waals surface area contributed by atoms with Crippen LogP contribution in [-0.2, 0) is 21.2 Å². The maximum atomic E-state index is 13.2. The molecular formula is C27H32N2O5S. The lowest BCUT2D eigenvalue weighted by molar-refractivity contribution is -0.146. The van der Waals surface area contributed by atoms with E-state index >= 15 is 0 Å². The van der Waals surface area contributed by atoms with Crippen LogP contribution >= 0.6 is 0 Å². The van der Waals surface area contributed by atoms with Gasteiger partial charge in [-0.05, 0) is 92.2 Å². The number of rotatable bonds is 7. The fourth-order valence-electron chi connectivity index (χ4n) is 6.70. The number of amides is 2. The number of hydrogen-bond acceptors (Lipinski definition) is 5. The van der Waals surface area contributed by atoms with E-state index in [1.807, 2.05) is 0 Å². The molecule has 35 heavy (non-hydrogen) atoms. The fraction of sp³-hybridized carbons (Fsp3) is 0.481. The fourth-order valence-corrected chi connectivity index (χ4v) is 7.61. The second-order valence-corrected chi connectivity index (χ2v) is 12.9. The van der Waals surface area contributed by atoms with E-state index in [0.29, 0.717) is 29.9 Å². The van der Waals surface area contributed by atoms with Gasteiger partial charge in [-0.2, -0.15) is 0 Å². The quantitative estimate of drug-likeness (QED) is 0.496. The topological polar surface area (TPSA) is 113 Å². The van der Waals surface area contributed by atoms with Gasteiger partial charge >= 0.3 is 0 Å². The van der Waals surface area contributed by atoms with Crippen LogP contribution < -0.4 is 10.6 Å². The van der Waals surface area contributed by atoms with Gasteiger partial charge in [-0.15, -0.1) is 0 Å². The zero-order chi connectivity index (χ0) is 24.8. The predicted molar refractivity (Wildman–Crippen MR) is 133 cm³/mol. The Morgan fingerprint density at radius 1 is 0.971 bits per heavy atom. The number of carbonyl (C=O) groups excluding carboxylic acids is 2. The summed E-state index contributed by atoms with van der Waals surface area (Å²) in [7, 11) is -3.47. The highest BCUT2D eigenvalue weighted by Crippen LogP contribution is 2.60. The molecule has 0 radical (unpaired) electrons. The van der Waals surface area contributed by atoms with Crippen LogP contribution in [0.25, 0.3) is 0 Å². The maximum absolute atomic E-state index is 13.2. The lowest BCUT2D eigenvalue weighted by Gasteiger charge is -2.55.